The lowest BCUT2D eigenvalue weighted by atomic mass is 10.1. The van der Waals surface area contributed by atoms with Gasteiger partial charge in [0.2, 0.25) is 0 Å². The highest BCUT2D eigenvalue weighted by atomic mass is 79.9. The molecule has 0 radical (unpaired) electrons. The van der Waals surface area contributed by atoms with Crippen LogP contribution in [0.4, 0.5) is 0 Å². The van der Waals surface area contributed by atoms with E-state index in [-0.39, 0.29) is 5.78 Å². The third-order valence-electron chi connectivity index (χ3n) is 2.89. The standard InChI is InChI=1S/C16H15BrO3/c1-11(18)12-4-3-5-15(8-12)20-10-13-9-14(19-2)6-7-16(13)17/h3-9H,10H2,1-2H3. The average molecular weight is 335 g/mol. The Bertz CT molecular complexity index is 623. The SMILES string of the molecule is COc1ccc(Br)c(COc2cccc(C(C)=O)c2)c1. The molecule has 0 aliphatic rings. The van der Waals surface area contributed by atoms with Crippen molar-refractivity contribution >= 4 is 21.7 Å². The molecule has 4 heteroatoms. The van der Waals surface area contributed by atoms with Crippen LogP contribution in [0.25, 0.3) is 0 Å². The van der Waals surface area contributed by atoms with Crippen LogP contribution >= 0.6 is 15.9 Å². The van der Waals surface area contributed by atoms with Gasteiger partial charge in [-0.05, 0) is 37.3 Å². The molecule has 2 rings (SSSR count). The molecule has 104 valence electrons. The summed E-state index contributed by atoms with van der Waals surface area (Å²) in [6.45, 7) is 1.94. The van der Waals surface area contributed by atoms with Crippen molar-refractivity contribution in [3.05, 3.63) is 58.1 Å². The molecule has 0 heterocycles. The van der Waals surface area contributed by atoms with Crippen LogP contribution in [-0.4, -0.2) is 12.9 Å². The number of Topliss-reactive ketones (excluding diaryl/α,β-unsaturated/α-hetero) is 1. The molecule has 0 saturated carbocycles. The minimum atomic E-state index is 0.0259. The fourth-order valence-corrected chi connectivity index (χ4v) is 2.12. The number of ketones is 1. The Morgan fingerprint density at radius 3 is 2.65 bits per heavy atom. The molecule has 0 saturated heterocycles. The van der Waals surface area contributed by atoms with E-state index in [1.54, 1.807) is 19.2 Å². The van der Waals surface area contributed by atoms with Crippen LogP contribution in [-0.2, 0) is 6.61 Å². The number of carbonyl (C=O) groups is 1. The predicted octanol–water partition coefficient (Wildman–Crippen LogP) is 4.24. The van der Waals surface area contributed by atoms with Gasteiger partial charge in [-0.15, -0.1) is 0 Å². The number of methoxy groups -OCH3 is 1. The van der Waals surface area contributed by atoms with E-state index >= 15 is 0 Å². The molecule has 0 aliphatic carbocycles. The van der Waals surface area contributed by atoms with Crippen molar-refractivity contribution in [3.8, 4) is 11.5 Å². The first-order valence-corrected chi connectivity index (χ1v) is 6.95. The van der Waals surface area contributed by atoms with Gasteiger partial charge in [0.15, 0.2) is 5.78 Å². The van der Waals surface area contributed by atoms with Gasteiger partial charge in [0, 0.05) is 15.6 Å². The van der Waals surface area contributed by atoms with E-state index < -0.39 is 0 Å². The van der Waals surface area contributed by atoms with E-state index in [2.05, 4.69) is 15.9 Å². The summed E-state index contributed by atoms with van der Waals surface area (Å²) in [7, 11) is 1.63. The van der Waals surface area contributed by atoms with Crippen molar-refractivity contribution in [3.63, 3.8) is 0 Å². The van der Waals surface area contributed by atoms with E-state index in [0.29, 0.717) is 17.9 Å². The lowest BCUT2D eigenvalue weighted by Crippen LogP contribution is -1.99. The van der Waals surface area contributed by atoms with Crippen LogP contribution in [0.2, 0.25) is 0 Å². The maximum Gasteiger partial charge on any atom is 0.159 e. The molecular weight excluding hydrogens is 320 g/mol. The third kappa shape index (κ3) is 3.61. The summed E-state index contributed by atoms with van der Waals surface area (Å²) in [5.74, 6) is 1.48. The molecule has 0 spiro atoms. The van der Waals surface area contributed by atoms with Gasteiger partial charge in [0.1, 0.15) is 18.1 Å². The van der Waals surface area contributed by atoms with Gasteiger partial charge < -0.3 is 9.47 Å². The maximum atomic E-state index is 11.3. The highest BCUT2D eigenvalue weighted by molar-refractivity contribution is 9.10. The van der Waals surface area contributed by atoms with Gasteiger partial charge in [0.05, 0.1) is 7.11 Å². The first-order valence-electron chi connectivity index (χ1n) is 6.16. The van der Waals surface area contributed by atoms with E-state index in [0.717, 1.165) is 15.8 Å². The minimum Gasteiger partial charge on any atom is -0.497 e. The van der Waals surface area contributed by atoms with Gasteiger partial charge in [-0.1, -0.05) is 28.1 Å². The fraction of sp³-hybridized carbons (Fsp3) is 0.188. The first kappa shape index (κ1) is 14.6. The molecule has 2 aromatic rings. The van der Waals surface area contributed by atoms with Crippen molar-refractivity contribution in [2.45, 2.75) is 13.5 Å². The fourth-order valence-electron chi connectivity index (χ4n) is 1.75. The summed E-state index contributed by atoms with van der Waals surface area (Å²) in [6, 6.07) is 12.9. The molecule has 0 aromatic heterocycles. The Balaban J connectivity index is 2.12. The van der Waals surface area contributed by atoms with E-state index in [1.807, 2.05) is 30.3 Å². The first-order chi connectivity index (χ1) is 9.60. The molecule has 0 fully saturated rings. The van der Waals surface area contributed by atoms with Crippen LogP contribution in [0.5, 0.6) is 11.5 Å². The number of halogens is 1. The van der Waals surface area contributed by atoms with Crippen molar-refractivity contribution in [2.75, 3.05) is 7.11 Å². The van der Waals surface area contributed by atoms with E-state index in [4.69, 9.17) is 9.47 Å². The van der Waals surface area contributed by atoms with Gasteiger partial charge in [-0.3, -0.25) is 4.79 Å². The molecule has 0 N–H and O–H groups in total. The molecule has 20 heavy (non-hydrogen) atoms. The highest BCUT2D eigenvalue weighted by Crippen LogP contribution is 2.24. The number of carbonyl (C=O) groups excluding carboxylic acids is 1. The van der Waals surface area contributed by atoms with Crippen molar-refractivity contribution in [2.24, 2.45) is 0 Å². The molecule has 0 bridgehead atoms. The number of hydrogen-bond acceptors (Lipinski definition) is 3. The van der Waals surface area contributed by atoms with E-state index in [9.17, 15) is 4.79 Å². The summed E-state index contributed by atoms with van der Waals surface area (Å²) in [5.41, 5.74) is 1.63. The summed E-state index contributed by atoms with van der Waals surface area (Å²) in [4.78, 5) is 11.3. The van der Waals surface area contributed by atoms with Crippen molar-refractivity contribution in [1.29, 1.82) is 0 Å². The van der Waals surface area contributed by atoms with Gasteiger partial charge in [-0.2, -0.15) is 0 Å². The zero-order valence-electron chi connectivity index (χ0n) is 11.4. The lowest BCUT2D eigenvalue weighted by Gasteiger charge is -2.10. The molecule has 0 amide bonds. The third-order valence-corrected chi connectivity index (χ3v) is 3.66. The number of rotatable bonds is 5. The Kier molecular flexibility index (Phi) is 4.79. The van der Waals surface area contributed by atoms with Gasteiger partial charge in [-0.25, -0.2) is 0 Å². The second-order valence-corrected chi connectivity index (χ2v) is 5.18. The average Bonchev–Trinajstić information content (AvgIpc) is 2.46. The zero-order chi connectivity index (χ0) is 14.5. The normalized spacial score (nSPS) is 10.2. The maximum absolute atomic E-state index is 11.3. The Morgan fingerprint density at radius 2 is 1.95 bits per heavy atom. The molecule has 0 atom stereocenters. The number of hydrogen-bond donors (Lipinski definition) is 0. The van der Waals surface area contributed by atoms with Crippen molar-refractivity contribution in [1.82, 2.24) is 0 Å². The topological polar surface area (TPSA) is 35.5 Å². The Hall–Kier alpha value is -1.81. The Morgan fingerprint density at radius 1 is 1.15 bits per heavy atom. The van der Waals surface area contributed by atoms with Crippen LogP contribution in [0.15, 0.2) is 46.9 Å². The second-order valence-electron chi connectivity index (χ2n) is 4.33. The molecule has 0 aliphatic heterocycles. The Labute approximate surface area is 126 Å². The van der Waals surface area contributed by atoms with Crippen LogP contribution in [0, 0.1) is 0 Å². The molecule has 2 aromatic carbocycles. The largest absolute Gasteiger partial charge is 0.497 e. The monoisotopic (exact) mass is 334 g/mol. The molecule has 3 nitrogen and oxygen atoms in total. The number of ether oxygens (including phenoxy) is 2. The van der Waals surface area contributed by atoms with Crippen LogP contribution in [0.3, 0.4) is 0 Å². The van der Waals surface area contributed by atoms with Gasteiger partial charge in [0.25, 0.3) is 0 Å². The second kappa shape index (κ2) is 6.57. The van der Waals surface area contributed by atoms with Crippen molar-refractivity contribution < 1.29 is 14.3 Å². The smallest absolute Gasteiger partial charge is 0.159 e. The quantitative estimate of drug-likeness (QED) is 0.767. The van der Waals surface area contributed by atoms with E-state index in [1.165, 1.54) is 6.92 Å². The van der Waals surface area contributed by atoms with Gasteiger partial charge >= 0.3 is 0 Å². The molecular formula is C16H15BrO3. The summed E-state index contributed by atoms with van der Waals surface area (Å²) in [5, 5.41) is 0. The number of benzene rings is 2. The predicted molar refractivity (Wildman–Crippen MR) is 81.5 cm³/mol. The summed E-state index contributed by atoms with van der Waals surface area (Å²) >= 11 is 3.48. The lowest BCUT2D eigenvalue weighted by molar-refractivity contribution is 0.101. The zero-order valence-corrected chi connectivity index (χ0v) is 12.9. The highest BCUT2D eigenvalue weighted by Gasteiger charge is 2.05. The summed E-state index contributed by atoms with van der Waals surface area (Å²) < 4.78 is 11.9. The summed E-state index contributed by atoms with van der Waals surface area (Å²) in [6.07, 6.45) is 0. The van der Waals surface area contributed by atoms with Crippen LogP contribution < -0.4 is 9.47 Å². The minimum absolute atomic E-state index is 0.0259. The van der Waals surface area contributed by atoms with Crippen LogP contribution in [0.1, 0.15) is 22.8 Å². The molecule has 0 unspecified atom stereocenters.